The molecule has 0 heterocycles. The van der Waals surface area contributed by atoms with Gasteiger partial charge in [0.15, 0.2) is 6.10 Å². The van der Waals surface area contributed by atoms with Gasteiger partial charge in [-0.15, -0.1) is 0 Å². The highest BCUT2D eigenvalue weighted by atomic mass is 31.2. The van der Waals surface area contributed by atoms with E-state index in [1.54, 1.807) is 0 Å². The number of unbranched alkanes of at least 4 members (excludes halogenated alkanes) is 15. The number of phosphoric acid groups is 1. The molecule has 0 fully saturated rings. The van der Waals surface area contributed by atoms with Crippen molar-refractivity contribution in [1.82, 2.24) is 0 Å². The van der Waals surface area contributed by atoms with E-state index < -0.39 is 32.5 Å². The highest BCUT2D eigenvalue weighted by Gasteiger charge is 2.21. The zero-order valence-corrected chi connectivity index (χ0v) is 40.9. The minimum atomic E-state index is -4.64. The molecule has 0 amide bonds. The van der Waals surface area contributed by atoms with Gasteiger partial charge in [-0.3, -0.25) is 14.2 Å². The Morgan fingerprint density at radius 2 is 0.919 bits per heavy atom. The second-order valence-electron chi connectivity index (χ2n) is 17.1. The molecule has 0 spiro atoms. The number of esters is 2. The summed E-state index contributed by atoms with van der Waals surface area (Å²) in [7, 11) is 1.13. The Kier molecular flexibility index (Phi) is 41.5. The van der Waals surface area contributed by atoms with E-state index in [2.05, 4.69) is 98.9 Å². The van der Waals surface area contributed by atoms with Crippen LogP contribution in [0.2, 0.25) is 0 Å². The highest BCUT2D eigenvalue weighted by molar-refractivity contribution is 7.45. The summed E-state index contributed by atoms with van der Waals surface area (Å²) in [6.45, 7) is 4.06. The lowest BCUT2D eigenvalue weighted by Gasteiger charge is -2.28. The van der Waals surface area contributed by atoms with E-state index in [0.29, 0.717) is 23.9 Å². The molecule has 2 atom stereocenters. The Balaban J connectivity index is 4.38. The smallest absolute Gasteiger partial charge is 0.306 e. The lowest BCUT2D eigenvalue weighted by Crippen LogP contribution is -2.37. The molecule has 0 aromatic rings. The SMILES string of the molecule is CC/C=C\C/C=C\C/C=C\C/C=C\C/C=C\C/C=C\CCCCCCC(=O)OC(COC(=O)CCCCCCC/C=C\CCCCCCCC)COP(=O)([O-])OCC[N+](C)(C)C. The molecule has 0 aromatic heterocycles. The molecule has 0 bridgehead atoms. The Bertz CT molecular complexity index is 1330. The third-order valence-corrected chi connectivity index (χ3v) is 10.9. The van der Waals surface area contributed by atoms with E-state index in [1.165, 1.54) is 44.9 Å². The second-order valence-corrected chi connectivity index (χ2v) is 18.5. The molecule has 0 aliphatic rings. The number of quaternary nitrogens is 1. The van der Waals surface area contributed by atoms with Gasteiger partial charge >= 0.3 is 11.9 Å². The van der Waals surface area contributed by atoms with Crippen LogP contribution in [0.25, 0.3) is 0 Å². The first-order chi connectivity index (χ1) is 30.0. The van der Waals surface area contributed by atoms with Crippen molar-refractivity contribution in [2.24, 2.45) is 0 Å². The molecule has 0 radical (unpaired) electrons. The predicted molar refractivity (Wildman–Crippen MR) is 259 cm³/mol. The average molecular weight is 888 g/mol. The number of ether oxygens (including phenoxy) is 2. The van der Waals surface area contributed by atoms with Gasteiger partial charge in [0.25, 0.3) is 7.82 Å². The molecule has 0 rings (SSSR count). The van der Waals surface area contributed by atoms with Crippen molar-refractivity contribution in [3.05, 3.63) is 85.1 Å². The lowest BCUT2D eigenvalue weighted by molar-refractivity contribution is -0.870. The van der Waals surface area contributed by atoms with Gasteiger partial charge in [-0.05, 0) is 89.9 Å². The maximum absolute atomic E-state index is 12.7. The molecular formula is C52H90NO8P. The number of rotatable bonds is 43. The zero-order chi connectivity index (χ0) is 45.7. The van der Waals surface area contributed by atoms with Crippen LogP contribution in [-0.2, 0) is 32.7 Å². The van der Waals surface area contributed by atoms with Crippen LogP contribution in [0.3, 0.4) is 0 Å². The molecule has 356 valence electrons. The van der Waals surface area contributed by atoms with E-state index >= 15 is 0 Å². The van der Waals surface area contributed by atoms with Crippen LogP contribution in [0.4, 0.5) is 0 Å². The molecule has 62 heavy (non-hydrogen) atoms. The fourth-order valence-corrected chi connectivity index (χ4v) is 6.85. The summed E-state index contributed by atoms with van der Waals surface area (Å²) in [6, 6.07) is 0. The summed E-state index contributed by atoms with van der Waals surface area (Å²) in [5.41, 5.74) is 0. The van der Waals surface area contributed by atoms with Crippen molar-refractivity contribution in [2.75, 3.05) is 47.5 Å². The number of phosphoric ester groups is 1. The summed E-state index contributed by atoms with van der Waals surface area (Å²) in [5, 5.41) is 0. The Hall–Kier alpha value is -2.81. The molecule has 0 aliphatic carbocycles. The summed E-state index contributed by atoms with van der Waals surface area (Å²) >= 11 is 0. The second kappa shape index (κ2) is 43.4. The van der Waals surface area contributed by atoms with E-state index in [4.69, 9.17) is 18.5 Å². The monoisotopic (exact) mass is 888 g/mol. The summed E-state index contributed by atoms with van der Waals surface area (Å²) in [5.74, 6) is -0.879. The number of hydrogen-bond acceptors (Lipinski definition) is 8. The molecule has 0 aliphatic heterocycles. The normalized spacial score (nSPS) is 14.2. The minimum absolute atomic E-state index is 0.0419. The largest absolute Gasteiger partial charge is 0.756 e. The van der Waals surface area contributed by atoms with Crippen LogP contribution in [0, 0.1) is 0 Å². The molecule has 2 unspecified atom stereocenters. The van der Waals surface area contributed by atoms with Crippen molar-refractivity contribution in [3.8, 4) is 0 Å². The summed E-state index contributed by atoms with van der Waals surface area (Å²) < 4.78 is 33.9. The van der Waals surface area contributed by atoms with Crippen LogP contribution >= 0.6 is 7.82 Å². The third kappa shape index (κ3) is 46.7. The summed E-state index contributed by atoms with van der Waals surface area (Å²) in [4.78, 5) is 37.6. The molecule has 0 N–H and O–H groups in total. The minimum Gasteiger partial charge on any atom is -0.756 e. The van der Waals surface area contributed by atoms with Gasteiger partial charge in [0.05, 0.1) is 27.7 Å². The van der Waals surface area contributed by atoms with Gasteiger partial charge in [0.2, 0.25) is 0 Å². The predicted octanol–water partition coefficient (Wildman–Crippen LogP) is 13.7. The maximum Gasteiger partial charge on any atom is 0.306 e. The van der Waals surface area contributed by atoms with E-state index in [0.717, 1.165) is 96.3 Å². The van der Waals surface area contributed by atoms with Crippen LogP contribution in [0.5, 0.6) is 0 Å². The van der Waals surface area contributed by atoms with E-state index in [1.807, 2.05) is 21.1 Å². The van der Waals surface area contributed by atoms with Crippen LogP contribution < -0.4 is 4.89 Å². The molecule has 0 aromatic carbocycles. The number of likely N-dealkylation sites (N-methyl/N-ethyl adjacent to an activating group) is 1. The van der Waals surface area contributed by atoms with Crippen molar-refractivity contribution in [2.45, 2.75) is 187 Å². The Morgan fingerprint density at radius 1 is 0.516 bits per heavy atom. The van der Waals surface area contributed by atoms with Crippen molar-refractivity contribution >= 4 is 19.8 Å². The fraction of sp³-hybridized carbons (Fsp3) is 0.692. The number of carbonyl (C=O) groups excluding carboxylic acids is 2. The van der Waals surface area contributed by atoms with Crippen LogP contribution in [0.15, 0.2) is 85.1 Å². The van der Waals surface area contributed by atoms with Crippen molar-refractivity contribution in [1.29, 1.82) is 0 Å². The first-order valence-corrected chi connectivity index (χ1v) is 25.8. The highest BCUT2D eigenvalue weighted by Crippen LogP contribution is 2.38. The first-order valence-electron chi connectivity index (χ1n) is 24.3. The maximum atomic E-state index is 12.7. The third-order valence-electron chi connectivity index (χ3n) is 9.90. The first kappa shape index (κ1) is 59.2. The number of nitrogens with zero attached hydrogens (tertiary/aromatic N) is 1. The van der Waals surface area contributed by atoms with E-state index in [9.17, 15) is 19.0 Å². The fourth-order valence-electron chi connectivity index (χ4n) is 6.12. The topological polar surface area (TPSA) is 111 Å². The lowest BCUT2D eigenvalue weighted by atomic mass is 10.1. The Labute approximate surface area is 380 Å². The quantitative estimate of drug-likeness (QED) is 0.0196. The van der Waals surface area contributed by atoms with E-state index in [-0.39, 0.29) is 26.1 Å². The van der Waals surface area contributed by atoms with Gasteiger partial charge in [-0.25, -0.2) is 0 Å². The molecule has 10 heteroatoms. The molecule has 0 saturated heterocycles. The summed E-state index contributed by atoms with van der Waals surface area (Å²) in [6.07, 6.45) is 56.1. The Morgan fingerprint density at radius 3 is 1.39 bits per heavy atom. The van der Waals surface area contributed by atoms with Crippen molar-refractivity contribution in [3.63, 3.8) is 0 Å². The van der Waals surface area contributed by atoms with Crippen molar-refractivity contribution < 1.29 is 42.1 Å². The number of carbonyl (C=O) groups is 2. The van der Waals surface area contributed by atoms with Gasteiger partial charge in [-0.2, -0.15) is 0 Å². The standard InChI is InChI=1S/C52H90NO8P/c1-6-8-10-12-14-16-18-20-22-23-24-25-26-27-28-29-31-33-35-37-39-41-43-45-52(55)61-50(49-60-62(56,57)59-47-46-53(3,4)5)48-58-51(54)44-42-40-38-36-34-32-30-21-19-17-15-13-11-9-7-2/h8,10,14,16,20-22,24-25,27-28,30-31,33,50H,6-7,9,11-13,15,17-19,23,26,29,32,34-49H2,1-5H3/b10-8-,16-14-,22-20-,25-24-,28-27-,30-21-,33-31-. The van der Waals surface area contributed by atoms with Crippen LogP contribution in [-0.4, -0.2) is 70.0 Å². The average Bonchev–Trinajstić information content (AvgIpc) is 3.23. The number of allylic oxidation sites excluding steroid dienone is 14. The molecular weight excluding hydrogens is 798 g/mol. The zero-order valence-electron chi connectivity index (χ0n) is 40.0. The number of hydrogen-bond donors (Lipinski definition) is 0. The van der Waals surface area contributed by atoms with Gasteiger partial charge in [0, 0.05) is 12.8 Å². The van der Waals surface area contributed by atoms with Gasteiger partial charge in [-0.1, -0.05) is 163 Å². The molecule has 0 saturated carbocycles. The molecule has 9 nitrogen and oxygen atoms in total. The van der Waals surface area contributed by atoms with Crippen LogP contribution in [0.1, 0.15) is 181 Å². The van der Waals surface area contributed by atoms with Gasteiger partial charge in [0.1, 0.15) is 19.8 Å². The van der Waals surface area contributed by atoms with Gasteiger partial charge < -0.3 is 27.9 Å².